The van der Waals surface area contributed by atoms with Crippen LogP contribution in [0.5, 0.6) is 0 Å². The molecule has 1 aliphatic heterocycles. The zero-order valence-electron chi connectivity index (χ0n) is 23.7. The van der Waals surface area contributed by atoms with E-state index in [1.165, 1.54) is 59.4 Å². The van der Waals surface area contributed by atoms with E-state index in [0.29, 0.717) is 29.2 Å². The largest absolute Gasteiger partial charge is 0.313 e. The maximum Gasteiger partial charge on any atom is 0.272 e. The van der Waals surface area contributed by atoms with Crippen molar-refractivity contribution in [2.45, 2.75) is 31.3 Å². The van der Waals surface area contributed by atoms with Crippen LogP contribution in [0, 0.1) is 0 Å². The van der Waals surface area contributed by atoms with Gasteiger partial charge in [0, 0.05) is 44.0 Å². The van der Waals surface area contributed by atoms with Crippen LogP contribution >= 0.6 is 11.3 Å². The predicted molar refractivity (Wildman–Crippen MR) is 166 cm³/mol. The van der Waals surface area contributed by atoms with Gasteiger partial charge in [-0.15, -0.1) is 11.3 Å². The van der Waals surface area contributed by atoms with Crippen LogP contribution in [0.1, 0.15) is 43.6 Å². The number of thiophene rings is 1. The molecule has 0 spiro atoms. The zero-order chi connectivity index (χ0) is 30.6. The Labute approximate surface area is 254 Å². The minimum Gasteiger partial charge on any atom is -0.313 e. The van der Waals surface area contributed by atoms with Crippen LogP contribution in [0.15, 0.2) is 89.8 Å². The van der Waals surface area contributed by atoms with Gasteiger partial charge in [-0.2, -0.15) is 0 Å². The van der Waals surface area contributed by atoms with Crippen LogP contribution in [0.25, 0.3) is 0 Å². The second kappa shape index (κ2) is 12.8. The topological polar surface area (TPSA) is 128 Å². The van der Waals surface area contributed by atoms with Crippen LogP contribution in [0.3, 0.4) is 0 Å². The number of carbonyl (C=O) groups excluding carboxylic acids is 3. The van der Waals surface area contributed by atoms with Gasteiger partial charge in [0.25, 0.3) is 21.8 Å². The molecule has 1 aliphatic rings. The molecule has 0 aliphatic carbocycles. The molecule has 0 saturated heterocycles. The number of anilines is 2. The standard InChI is InChI=1S/C31H31N5O5S2/c1-21(37)33-34-30(39)28-26-17-18-36(19-22-9-5-3-6-10-22)20-27(26)42-31(28)32-29(38)23-13-15-25(16-14-23)43(40,41)35(2)24-11-7-4-8-12-24/h3-16H,17-20H2,1-2H3,(H,32,38)(H,33,37)(H,34,39). The Morgan fingerprint density at radius 1 is 0.884 bits per heavy atom. The average molecular weight is 618 g/mol. The minimum atomic E-state index is -3.84. The van der Waals surface area contributed by atoms with Gasteiger partial charge in [0.2, 0.25) is 5.91 Å². The third-order valence-corrected chi connectivity index (χ3v) is 10.0. The predicted octanol–water partition coefficient (Wildman–Crippen LogP) is 4.16. The highest BCUT2D eigenvalue weighted by Gasteiger charge is 2.29. The third kappa shape index (κ3) is 6.77. The lowest BCUT2D eigenvalue weighted by molar-refractivity contribution is -0.119. The number of hydrazine groups is 1. The number of sulfonamides is 1. The Hall–Kier alpha value is -4.52. The first kappa shape index (κ1) is 30.0. The Morgan fingerprint density at radius 2 is 1.53 bits per heavy atom. The van der Waals surface area contributed by atoms with Gasteiger partial charge in [0.15, 0.2) is 0 Å². The van der Waals surface area contributed by atoms with Crippen LogP contribution in [-0.4, -0.2) is 44.6 Å². The monoisotopic (exact) mass is 617 g/mol. The van der Waals surface area contributed by atoms with E-state index in [4.69, 9.17) is 0 Å². The average Bonchev–Trinajstić information content (AvgIpc) is 3.37. The Bertz CT molecular complexity index is 1740. The van der Waals surface area contributed by atoms with Gasteiger partial charge < -0.3 is 5.32 Å². The number of para-hydroxylation sites is 1. The van der Waals surface area contributed by atoms with E-state index in [0.717, 1.165) is 23.5 Å². The molecule has 3 amide bonds. The molecule has 12 heteroatoms. The van der Waals surface area contributed by atoms with Crippen molar-refractivity contribution < 1.29 is 22.8 Å². The van der Waals surface area contributed by atoms with Gasteiger partial charge in [-0.1, -0.05) is 48.5 Å². The van der Waals surface area contributed by atoms with Crippen molar-refractivity contribution in [1.29, 1.82) is 0 Å². The number of benzene rings is 3. The number of amides is 3. The quantitative estimate of drug-likeness (QED) is 0.255. The van der Waals surface area contributed by atoms with Gasteiger partial charge in [-0.3, -0.25) is 34.4 Å². The molecule has 0 saturated carbocycles. The fourth-order valence-corrected chi connectivity index (χ4v) is 7.33. The fourth-order valence-electron chi connectivity index (χ4n) is 4.86. The molecule has 4 aromatic rings. The summed E-state index contributed by atoms with van der Waals surface area (Å²) < 4.78 is 27.5. The highest BCUT2D eigenvalue weighted by atomic mass is 32.2. The molecule has 0 unspecified atom stereocenters. The summed E-state index contributed by atoms with van der Waals surface area (Å²) >= 11 is 1.32. The van der Waals surface area contributed by atoms with Crippen molar-refractivity contribution in [3.63, 3.8) is 0 Å². The van der Waals surface area contributed by atoms with Gasteiger partial charge in [0.05, 0.1) is 16.1 Å². The Morgan fingerprint density at radius 3 is 2.19 bits per heavy atom. The molecule has 0 atom stereocenters. The molecule has 10 nitrogen and oxygen atoms in total. The second-order valence-electron chi connectivity index (χ2n) is 10.1. The van der Waals surface area contributed by atoms with E-state index in [1.807, 2.05) is 18.2 Å². The van der Waals surface area contributed by atoms with Crippen molar-refractivity contribution in [2.24, 2.45) is 0 Å². The fraction of sp³-hybridized carbons (Fsp3) is 0.194. The van der Waals surface area contributed by atoms with Gasteiger partial charge in [-0.05, 0) is 53.9 Å². The lowest BCUT2D eigenvalue weighted by Crippen LogP contribution is -2.41. The second-order valence-corrected chi connectivity index (χ2v) is 13.2. The van der Waals surface area contributed by atoms with E-state index < -0.39 is 27.7 Å². The third-order valence-electron chi connectivity index (χ3n) is 7.09. The molecule has 0 fully saturated rings. The summed E-state index contributed by atoms with van der Waals surface area (Å²) in [7, 11) is -2.37. The normalized spacial score (nSPS) is 13.1. The number of nitrogens with one attached hydrogen (secondary N) is 3. The smallest absolute Gasteiger partial charge is 0.272 e. The molecule has 0 bridgehead atoms. The van der Waals surface area contributed by atoms with E-state index in [9.17, 15) is 22.8 Å². The van der Waals surface area contributed by atoms with Crippen molar-refractivity contribution in [2.75, 3.05) is 23.2 Å². The first-order valence-electron chi connectivity index (χ1n) is 13.6. The van der Waals surface area contributed by atoms with Crippen molar-refractivity contribution >= 4 is 49.8 Å². The molecule has 5 rings (SSSR count). The van der Waals surface area contributed by atoms with Gasteiger partial charge in [-0.25, -0.2) is 8.42 Å². The molecule has 2 heterocycles. The Kier molecular flexibility index (Phi) is 8.90. The summed E-state index contributed by atoms with van der Waals surface area (Å²) in [4.78, 5) is 41.2. The van der Waals surface area contributed by atoms with Gasteiger partial charge in [0.1, 0.15) is 5.00 Å². The van der Waals surface area contributed by atoms with E-state index in [-0.39, 0.29) is 10.5 Å². The zero-order valence-corrected chi connectivity index (χ0v) is 25.3. The maximum atomic E-state index is 13.3. The summed E-state index contributed by atoms with van der Waals surface area (Å²) in [6.45, 7) is 3.36. The number of rotatable bonds is 8. The lowest BCUT2D eigenvalue weighted by atomic mass is 10.0. The SMILES string of the molecule is CC(=O)NNC(=O)c1c(NC(=O)c2ccc(S(=O)(=O)N(C)c3ccccc3)cc2)sc2c1CCN(Cc1ccccc1)C2. The summed E-state index contributed by atoms with van der Waals surface area (Å²) in [5.41, 5.74) is 7.80. The van der Waals surface area contributed by atoms with Crippen LogP contribution < -0.4 is 20.5 Å². The van der Waals surface area contributed by atoms with Crippen LogP contribution in [0.2, 0.25) is 0 Å². The minimum absolute atomic E-state index is 0.0378. The van der Waals surface area contributed by atoms with Crippen molar-refractivity contribution in [3.8, 4) is 0 Å². The van der Waals surface area contributed by atoms with Crippen molar-refractivity contribution in [3.05, 3.63) is 112 Å². The summed E-state index contributed by atoms with van der Waals surface area (Å²) in [5, 5.41) is 3.21. The molecule has 3 aromatic carbocycles. The molecule has 0 radical (unpaired) electrons. The van der Waals surface area contributed by atoms with Gasteiger partial charge >= 0.3 is 0 Å². The van der Waals surface area contributed by atoms with E-state index in [2.05, 4.69) is 33.2 Å². The molecular formula is C31H31N5O5S2. The van der Waals surface area contributed by atoms with E-state index in [1.54, 1.807) is 30.3 Å². The highest BCUT2D eigenvalue weighted by molar-refractivity contribution is 7.92. The first-order chi connectivity index (χ1) is 20.6. The van der Waals surface area contributed by atoms with Crippen LogP contribution in [0.4, 0.5) is 10.7 Å². The number of hydrogen-bond donors (Lipinski definition) is 3. The molecule has 43 heavy (non-hydrogen) atoms. The summed E-state index contributed by atoms with van der Waals surface area (Å²) in [6, 6.07) is 24.4. The summed E-state index contributed by atoms with van der Waals surface area (Å²) in [6.07, 6.45) is 0.596. The summed E-state index contributed by atoms with van der Waals surface area (Å²) in [5.74, 6) is -1.44. The van der Waals surface area contributed by atoms with E-state index >= 15 is 0 Å². The van der Waals surface area contributed by atoms with Crippen LogP contribution in [-0.2, 0) is 34.3 Å². The number of nitrogens with zero attached hydrogens (tertiary/aromatic N) is 2. The Balaban J connectivity index is 1.37. The highest BCUT2D eigenvalue weighted by Crippen LogP contribution is 2.38. The first-order valence-corrected chi connectivity index (χ1v) is 15.8. The maximum absolute atomic E-state index is 13.3. The van der Waals surface area contributed by atoms with Crippen molar-refractivity contribution in [1.82, 2.24) is 15.8 Å². The molecule has 222 valence electrons. The molecule has 3 N–H and O–H groups in total. The lowest BCUT2D eigenvalue weighted by Gasteiger charge is -2.27. The number of carbonyl (C=O) groups is 3. The molecule has 1 aromatic heterocycles. The molecular weight excluding hydrogens is 587 g/mol. The number of hydrogen-bond acceptors (Lipinski definition) is 7. The number of fused-ring (bicyclic) bond motifs is 1.